The Kier molecular flexibility index (Phi) is 8.38. The highest BCUT2D eigenvalue weighted by molar-refractivity contribution is 7.10. The normalized spacial score (nSPS) is 14.9. The van der Waals surface area contributed by atoms with Gasteiger partial charge < -0.3 is 19.3 Å². The second-order valence-electron chi connectivity index (χ2n) is 8.12. The summed E-state index contributed by atoms with van der Waals surface area (Å²) in [5, 5.41) is 2.63. The molecule has 0 spiro atoms. The van der Waals surface area contributed by atoms with Crippen molar-refractivity contribution in [3.8, 4) is 5.75 Å². The number of carbonyl (C=O) groups is 2. The van der Waals surface area contributed by atoms with E-state index in [0.717, 1.165) is 12.0 Å². The number of methoxy groups -OCH3 is 1. The summed E-state index contributed by atoms with van der Waals surface area (Å²) < 4.78 is 25.4. The molecule has 0 fully saturated rings. The van der Waals surface area contributed by atoms with Gasteiger partial charge in [-0.05, 0) is 59.8 Å². The molecule has 184 valence electrons. The lowest BCUT2D eigenvalue weighted by atomic mass is 10.0. The second kappa shape index (κ2) is 11.7. The summed E-state index contributed by atoms with van der Waals surface area (Å²) in [6.45, 7) is 0.973. The van der Waals surface area contributed by atoms with Gasteiger partial charge in [0.25, 0.3) is 5.91 Å². The van der Waals surface area contributed by atoms with Gasteiger partial charge in [-0.1, -0.05) is 23.7 Å². The molecular weight excluding hydrogens is 491 g/mol. The van der Waals surface area contributed by atoms with Gasteiger partial charge in [-0.25, -0.2) is 4.39 Å². The molecule has 9 heteroatoms. The average Bonchev–Trinajstić information content (AvgIpc) is 3.35. The molecule has 0 unspecified atom stereocenters. The monoisotopic (exact) mass is 516 g/mol. The number of carbonyl (C=O) groups excluding carboxylic acids is 2. The largest absolute Gasteiger partial charge is 0.491 e. The van der Waals surface area contributed by atoms with E-state index < -0.39 is 11.7 Å². The maximum absolute atomic E-state index is 14.3. The number of ether oxygens (including phenoxy) is 2. The zero-order chi connectivity index (χ0) is 24.8. The number of halogens is 2. The number of benzene rings is 2. The Labute approximate surface area is 212 Å². The smallest absolute Gasteiger partial charge is 0.257 e. The molecule has 0 saturated heterocycles. The SMILES string of the molecule is COCCN(CC(=O)N1CCc2sccc2[C@H]1COc1ccc(Cl)cc1)C(=O)c1ccccc1F. The third-order valence-corrected chi connectivity index (χ3v) is 7.17. The van der Waals surface area contributed by atoms with Crippen molar-refractivity contribution in [3.63, 3.8) is 0 Å². The molecule has 0 N–H and O–H groups in total. The molecular formula is C26H26ClFN2O4S. The van der Waals surface area contributed by atoms with E-state index >= 15 is 0 Å². The van der Waals surface area contributed by atoms with Gasteiger partial charge in [-0.3, -0.25) is 9.59 Å². The van der Waals surface area contributed by atoms with Crippen molar-refractivity contribution in [1.29, 1.82) is 0 Å². The van der Waals surface area contributed by atoms with Crippen LogP contribution in [0.4, 0.5) is 4.39 Å². The third kappa shape index (κ3) is 6.01. The van der Waals surface area contributed by atoms with Crippen molar-refractivity contribution in [2.75, 3.05) is 40.0 Å². The van der Waals surface area contributed by atoms with E-state index in [4.69, 9.17) is 21.1 Å². The van der Waals surface area contributed by atoms with E-state index in [2.05, 4.69) is 0 Å². The summed E-state index contributed by atoms with van der Waals surface area (Å²) in [4.78, 5) is 30.9. The molecule has 1 atom stereocenters. The third-order valence-electron chi connectivity index (χ3n) is 5.92. The van der Waals surface area contributed by atoms with Crippen molar-refractivity contribution in [2.24, 2.45) is 0 Å². The number of thiophene rings is 1. The fraction of sp³-hybridized carbons (Fsp3) is 0.308. The first kappa shape index (κ1) is 25.2. The predicted molar refractivity (Wildman–Crippen MR) is 134 cm³/mol. The van der Waals surface area contributed by atoms with Crippen molar-refractivity contribution < 1.29 is 23.5 Å². The fourth-order valence-corrected chi connectivity index (χ4v) is 5.15. The standard InChI is InChI=1S/C26H26ClFN2O4S/c1-33-14-13-29(26(32)20-4-2-3-5-22(20)28)16-25(31)30-12-10-24-21(11-15-35-24)23(30)17-34-19-8-6-18(27)7-9-19/h2-9,11,15,23H,10,12-14,16-17H2,1H3/t23-/m1/s1. The van der Waals surface area contributed by atoms with Crippen molar-refractivity contribution in [1.82, 2.24) is 9.80 Å². The Bertz CT molecular complexity index is 1170. The van der Waals surface area contributed by atoms with E-state index in [-0.39, 0.29) is 43.8 Å². The highest BCUT2D eigenvalue weighted by atomic mass is 35.5. The zero-order valence-corrected chi connectivity index (χ0v) is 20.9. The first-order chi connectivity index (χ1) is 17.0. The number of hydrogen-bond donors (Lipinski definition) is 0. The van der Waals surface area contributed by atoms with Crippen LogP contribution in [0, 0.1) is 5.82 Å². The van der Waals surface area contributed by atoms with Crippen LogP contribution in [0.15, 0.2) is 60.0 Å². The van der Waals surface area contributed by atoms with Gasteiger partial charge in [0.15, 0.2) is 0 Å². The molecule has 35 heavy (non-hydrogen) atoms. The van der Waals surface area contributed by atoms with Crippen LogP contribution >= 0.6 is 22.9 Å². The van der Waals surface area contributed by atoms with E-state index in [0.29, 0.717) is 17.3 Å². The Morgan fingerprint density at radius 3 is 2.69 bits per heavy atom. The highest BCUT2D eigenvalue weighted by Crippen LogP contribution is 2.34. The van der Waals surface area contributed by atoms with Gasteiger partial charge in [-0.15, -0.1) is 11.3 Å². The number of hydrogen-bond acceptors (Lipinski definition) is 5. The lowest BCUT2D eigenvalue weighted by molar-refractivity contribution is -0.135. The van der Waals surface area contributed by atoms with Crippen LogP contribution in [0.1, 0.15) is 26.8 Å². The van der Waals surface area contributed by atoms with Crippen LogP contribution in [0.25, 0.3) is 0 Å². The molecule has 0 radical (unpaired) electrons. The van der Waals surface area contributed by atoms with Gasteiger partial charge in [0, 0.05) is 30.1 Å². The number of rotatable bonds is 9. The molecule has 2 heterocycles. The maximum Gasteiger partial charge on any atom is 0.257 e. The molecule has 1 aromatic heterocycles. The minimum atomic E-state index is -0.623. The van der Waals surface area contributed by atoms with Crippen molar-refractivity contribution >= 4 is 34.8 Å². The minimum Gasteiger partial charge on any atom is -0.491 e. The molecule has 0 saturated carbocycles. The summed E-state index contributed by atoms with van der Waals surface area (Å²) >= 11 is 7.63. The Morgan fingerprint density at radius 2 is 1.94 bits per heavy atom. The first-order valence-electron chi connectivity index (χ1n) is 11.2. The Hall–Kier alpha value is -2.94. The molecule has 2 aromatic carbocycles. The van der Waals surface area contributed by atoms with E-state index in [1.165, 1.54) is 35.1 Å². The van der Waals surface area contributed by atoms with Crippen molar-refractivity contribution in [3.05, 3.63) is 86.8 Å². The van der Waals surface area contributed by atoms with Crippen LogP contribution in [-0.2, 0) is 16.0 Å². The van der Waals surface area contributed by atoms with Gasteiger partial charge in [0.05, 0.1) is 18.2 Å². The molecule has 0 bridgehead atoms. The summed E-state index contributed by atoms with van der Waals surface area (Å²) in [7, 11) is 1.51. The minimum absolute atomic E-state index is 0.0715. The second-order valence-corrected chi connectivity index (χ2v) is 9.55. The predicted octanol–water partition coefficient (Wildman–Crippen LogP) is 4.83. The van der Waals surface area contributed by atoms with Crippen LogP contribution in [0.3, 0.4) is 0 Å². The topological polar surface area (TPSA) is 59.1 Å². The molecule has 3 aromatic rings. The molecule has 1 aliphatic heterocycles. The van der Waals surface area contributed by atoms with Crippen molar-refractivity contribution in [2.45, 2.75) is 12.5 Å². The Morgan fingerprint density at radius 1 is 1.17 bits per heavy atom. The summed E-state index contributed by atoms with van der Waals surface area (Å²) in [6, 6.07) is 14.5. The van der Waals surface area contributed by atoms with E-state index in [9.17, 15) is 14.0 Å². The van der Waals surface area contributed by atoms with Gasteiger partial charge >= 0.3 is 0 Å². The Balaban J connectivity index is 1.53. The lowest BCUT2D eigenvalue weighted by Gasteiger charge is -2.37. The van der Waals surface area contributed by atoms with Gasteiger partial charge in [0.2, 0.25) is 5.91 Å². The van der Waals surface area contributed by atoms with Crippen LogP contribution in [-0.4, -0.2) is 61.6 Å². The molecule has 0 aliphatic carbocycles. The summed E-state index contributed by atoms with van der Waals surface area (Å²) in [6.07, 6.45) is 0.732. The van der Waals surface area contributed by atoms with E-state index in [1.54, 1.807) is 46.6 Å². The highest BCUT2D eigenvalue weighted by Gasteiger charge is 2.34. The number of fused-ring (bicyclic) bond motifs is 1. The van der Waals surface area contributed by atoms with E-state index in [1.807, 2.05) is 11.4 Å². The zero-order valence-electron chi connectivity index (χ0n) is 19.3. The number of amides is 2. The summed E-state index contributed by atoms with van der Waals surface area (Å²) in [5.41, 5.74) is 0.977. The lowest BCUT2D eigenvalue weighted by Crippen LogP contribution is -2.48. The van der Waals surface area contributed by atoms with Crippen LogP contribution in [0.5, 0.6) is 5.75 Å². The molecule has 1 aliphatic rings. The maximum atomic E-state index is 14.3. The first-order valence-corrected chi connectivity index (χ1v) is 12.5. The summed E-state index contributed by atoms with van der Waals surface area (Å²) in [5.74, 6) is -0.744. The average molecular weight is 517 g/mol. The van der Waals surface area contributed by atoms with Gasteiger partial charge in [0.1, 0.15) is 24.7 Å². The fourth-order valence-electron chi connectivity index (χ4n) is 4.09. The van der Waals surface area contributed by atoms with Crippen LogP contribution in [0.2, 0.25) is 5.02 Å². The molecule has 6 nitrogen and oxygen atoms in total. The quantitative estimate of drug-likeness (QED) is 0.408. The molecule has 4 rings (SSSR count). The van der Waals surface area contributed by atoms with Crippen LogP contribution < -0.4 is 4.74 Å². The number of nitrogens with zero attached hydrogens (tertiary/aromatic N) is 2. The molecule has 2 amide bonds. The van der Waals surface area contributed by atoms with Gasteiger partial charge in [-0.2, -0.15) is 0 Å².